The molecule has 2 aromatic carbocycles. The summed E-state index contributed by atoms with van der Waals surface area (Å²) in [4.78, 5) is 39.1. The van der Waals surface area contributed by atoms with Crippen LogP contribution in [0.2, 0.25) is 0 Å². The number of carbonyl (C=O) groups is 1. The van der Waals surface area contributed by atoms with Gasteiger partial charge in [0.15, 0.2) is 5.16 Å². The van der Waals surface area contributed by atoms with Crippen LogP contribution >= 0.6 is 11.8 Å². The van der Waals surface area contributed by atoms with Gasteiger partial charge in [-0.2, -0.15) is 0 Å². The van der Waals surface area contributed by atoms with E-state index >= 15 is 0 Å². The Labute approximate surface area is 166 Å². The Morgan fingerprint density at radius 3 is 2.79 bits per heavy atom. The number of aromatic amines is 2. The molecule has 3 aromatic heterocycles. The van der Waals surface area contributed by atoms with Crippen molar-refractivity contribution in [2.45, 2.75) is 10.1 Å². The third-order valence-corrected chi connectivity index (χ3v) is 5.48. The number of fused-ring (bicyclic) bond motifs is 6. The first-order valence-electron chi connectivity index (χ1n) is 8.56. The minimum absolute atomic E-state index is 0.295. The summed E-state index contributed by atoms with van der Waals surface area (Å²) in [6.45, 7) is 0. The molecule has 0 aliphatic carbocycles. The topological polar surface area (TPSA) is 118 Å². The van der Waals surface area contributed by atoms with Crippen LogP contribution in [0.1, 0.15) is 10.4 Å². The van der Waals surface area contributed by atoms with E-state index in [1.165, 1.54) is 36.3 Å². The van der Waals surface area contributed by atoms with Crippen LogP contribution in [0, 0.1) is 5.82 Å². The Morgan fingerprint density at radius 2 is 1.97 bits per heavy atom. The fourth-order valence-corrected chi connectivity index (χ4v) is 4.21. The molecule has 29 heavy (non-hydrogen) atoms. The molecule has 0 bridgehead atoms. The largest absolute Gasteiger partial charge is 0.366 e. The number of primary amides is 1. The number of nitrogens with zero attached hydrogens (tertiary/aromatic N) is 2. The van der Waals surface area contributed by atoms with Crippen molar-refractivity contribution >= 4 is 50.2 Å². The minimum atomic E-state index is -0.567. The van der Waals surface area contributed by atoms with E-state index in [1.54, 1.807) is 24.4 Å². The van der Waals surface area contributed by atoms with Gasteiger partial charge < -0.3 is 15.7 Å². The van der Waals surface area contributed by atoms with Crippen molar-refractivity contribution < 1.29 is 9.18 Å². The van der Waals surface area contributed by atoms with Crippen molar-refractivity contribution in [3.63, 3.8) is 0 Å². The van der Waals surface area contributed by atoms with Gasteiger partial charge in [-0.05, 0) is 30.3 Å². The number of hydrogen-bond acceptors (Lipinski definition) is 5. The summed E-state index contributed by atoms with van der Waals surface area (Å²) in [6, 6.07) is 7.69. The Kier molecular flexibility index (Phi) is 3.85. The zero-order valence-electron chi connectivity index (χ0n) is 14.7. The van der Waals surface area contributed by atoms with Crippen molar-refractivity contribution in [1.82, 2.24) is 19.9 Å². The Morgan fingerprint density at radius 1 is 1.10 bits per heavy atom. The number of amides is 1. The third kappa shape index (κ3) is 2.83. The smallest absolute Gasteiger partial charge is 0.256 e. The molecule has 5 rings (SSSR count). The van der Waals surface area contributed by atoms with E-state index in [0.717, 1.165) is 0 Å². The normalized spacial score (nSPS) is 11.5. The summed E-state index contributed by atoms with van der Waals surface area (Å²) < 4.78 is 13.9. The average molecular weight is 405 g/mol. The molecule has 0 aliphatic heterocycles. The predicted molar refractivity (Wildman–Crippen MR) is 109 cm³/mol. The molecule has 0 aliphatic rings. The highest BCUT2D eigenvalue weighted by atomic mass is 32.2. The second-order valence-corrected chi connectivity index (χ2v) is 7.49. The van der Waals surface area contributed by atoms with Crippen LogP contribution in [0.3, 0.4) is 0 Å². The van der Waals surface area contributed by atoms with Crippen molar-refractivity contribution in [2.24, 2.45) is 5.73 Å². The van der Waals surface area contributed by atoms with Gasteiger partial charge in [0.05, 0.1) is 22.0 Å². The van der Waals surface area contributed by atoms with Gasteiger partial charge >= 0.3 is 0 Å². The van der Waals surface area contributed by atoms with Gasteiger partial charge in [0.25, 0.3) is 5.56 Å². The molecule has 3 heterocycles. The summed E-state index contributed by atoms with van der Waals surface area (Å²) in [6.07, 6.45) is 4.53. The molecule has 4 N–H and O–H groups in total. The molecule has 0 atom stereocenters. The summed E-state index contributed by atoms with van der Waals surface area (Å²) in [5, 5.41) is 2.74. The minimum Gasteiger partial charge on any atom is -0.366 e. The maximum absolute atomic E-state index is 13.9. The molecule has 0 spiro atoms. The van der Waals surface area contributed by atoms with E-state index in [4.69, 9.17) is 5.73 Å². The summed E-state index contributed by atoms with van der Waals surface area (Å²) in [7, 11) is 0. The van der Waals surface area contributed by atoms with E-state index < -0.39 is 11.7 Å². The average Bonchev–Trinajstić information content (AvgIpc) is 3.12. The van der Waals surface area contributed by atoms with Crippen molar-refractivity contribution in [3.8, 4) is 0 Å². The number of carbonyl (C=O) groups excluding carboxylic acids is 1. The van der Waals surface area contributed by atoms with Crippen LogP contribution < -0.4 is 11.3 Å². The highest BCUT2D eigenvalue weighted by Crippen LogP contribution is 2.35. The van der Waals surface area contributed by atoms with Gasteiger partial charge in [0.2, 0.25) is 5.91 Å². The Bertz CT molecular complexity index is 1510. The van der Waals surface area contributed by atoms with E-state index in [1.807, 2.05) is 0 Å². The SMILES string of the molecule is NC(=O)c1cncc(Sc2nc3c4cc[nH]c(=O)c4c4cc(F)ccc4c3[nH]2)c1. The van der Waals surface area contributed by atoms with Crippen LogP contribution in [0.15, 0.2) is 63.8 Å². The molecular formula is C20H12FN5O2S. The van der Waals surface area contributed by atoms with Gasteiger partial charge in [-0.1, -0.05) is 11.8 Å². The molecule has 5 aromatic rings. The summed E-state index contributed by atoms with van der Waals surface area (Å²) in [5.41, 5.74) is 6.60. The van der Waals surface area contributed by atoms with Crippen molar-refractivity contribution in [1.29, 1.82) is 0 Å². The molecule has 9 heteroatoms. The summed E-state index contributed by atoms with van der Waals surface area (Å²) >= 11 is 1.27. The van der Waals surface area contributed by atoms with Gasteiger partial charge in [0, 0.05) is 39.6 Å². The third-order valence-electron chi connectivity index (χ3n) is 4.63. The van der Waals surface area contributed by atoms with Crippen LogP contribution in [0.5, 0.6) is 0 Å². The molecule has 142 valence electrons. The van der Waals surface area contributed by atoms with Gasteiger partial charge in [0.1, 0.15) is 5.82 Å². The Balaban J connectivity index is 1.77. The number of H-pyrrole nitrogens is 2. The lowest BCUT2D eigenvalue weighted by atomic mass is 10.0. The lowest BCUT2D eigenvalue weighted by molar-refractivity contribution is 0.0999. The number of imidazole rings is 1. The lowest BCUT2D eigenvalue weighted by Gasteiger charge is -2.05. The maximum atomic E-state index is 13.9. The zero-order valence-corrected chi connectivity index (χ0v) is 15.5. The van der Waals surface area contributed by atoms with Gasteiger partial charge in [-0.3, -0.25) is 14.6 Å². The fraction of sp³-hybridized carbons (Fsp3) is 0. The zero-order chi connectivity index (χ0) is 20.1. The molecule has 0 unspecified atom stereocenters. The number of aromatic nitrogens is 4. The molecule has 0 saturated carbocycles. The number of nitrogens with one attached hydrogen (secondary N) is 2. The number of hydrogen-bond donors (Lipinski definition) is 3. The first-order chi connectivity index (χ1) is 14.0. The number of nitrogens with two attached hydrogens (primary N) is 1. The van der Waals surface area contributed by atoms with E-state index in [2.05, 4.69) is 19.9 Å². The molecule has 7 nitrogen and oxygen atoms in total. The molecule has 0 radical (unpaired) electrons. The van der Waals surface area contributed by atoms with E-state index in [9.17, 15) is 14.0 Å². The lowest BCUT2D eigenvalue weighted by Crippen LogP contribution is -2.11. The highest BCUT2D eigenvalue weighted by Gasteiger charge is 2.16. The van der Waals surface area contributed by atoms with E-state index in [0.29, 0.717) is 48.2 Å². The van der Waals surface area contributed by atoms with Crippen molar-refractivity contribution in [3.05, 3.63) is 70.7 Å². The predicted octanol–water partition coefficient (Wildman–Crippen LogP) is 3.34. The van der Waals surface area contributed by atoms with E-state index in [-0.39, 0.29) is 5.56 Å². The first-order valence-corrected chi connectivity index (χ1v) is 9.38. The second-order valence-electron chi connectivity index (χ2n) is 6.43. The van der Waals surface area contributed by atoms with Gasteiger partial charge in [-0.25, -0.2) is 9.37 Å². The fourth-order valence-electron chi connectivity index (χ4n) is 3.40. The standard InChI is InChI=1S/C20H12FN5O2S/c21-10-1-2-12-14(6-10)15-13(3-4-24-19(15)28)17-16(12)25-20(26-17)29-11-5-9(18(22)27)7-23-8-11/h1-8H,(H2,22,27)(H,24,28)(H,25,26). The molecular weight excluding hydrogens is 393 g/mol. The molecule has 0 fully saturated rings. The van der Waals surface area contributed by atoms with Crippen LogP contribution in [0.4, 0.5) is 4.39 Å². The number of halogens is 1. The van der Waals surface area contributed by atoms with Crippen LogP contribution in [-0.2, 0) is 0 Å². The number of pyridine rings is 2. The Hall–Kier alpha value is -3.72. The molecule has 0 saturated heterocycles. The first kappa shape index (κ1) is 17.4. The highest BCUT2D eigenvalue weighted by molar-refractivity contribution is 7.99. The number of benzene rings is 2. The maximum Gasteiger partial charge on any atom is 0.256 e. The van der Waals surface area contributed by atoms with Crippen LogP contribution in [-0.4, -0.2) is 25.8 Å². The van der Waals surface area contributed by atoms with Crippen LogP contribution in [0.25, 0.3) is 32.6 Å². The van der Waals surface area contributed by atoms with Crippen molar-refractivity contribution in [2.75, 3.05) is 0 Å². The summed E-state index contributed by atoms with van der Waals surface area (Å²) in [5.74, 6) is -0.993. The monoisotopic (exact) mass is 405 g/mol. The quantitative estimate of drug-likeness (QED) is 0.398. The second kappa shape index (κ2) is 6.42. The van der Waals surface area contributed by atoms with Gasteiger partial charge in [-0.15, -0.1) is 0 Å². The molecule has 1 amide bonds. The number of rotatable bonds is 3.